The van der Waals surface area contributed by atoms with Gasteiger partial charge in [-0.1, -0.05) is 0 Å². The zero-order chi connectivity index (χ0) is 15.9. The maximum absolute atomic E-state index is 13.4. The highest BCUT2D eigenvalue weighted by molar-refractivity contribution is 5.91. The lowest BCUT2D eigenvalue weighted by Gasteiger charge is -2.11. The molecule has 0 saturated heterocycles. The number of phenolic OH excluding ortho intramolecular Hbond substituents is 1. The summed E-state index contributed by atoms with van der Waals surface area (Å²) in [5.74, 6) is -2.62. The molecule has 0 saturated carbocycles. The van der Waals surface area contributed by atoms with E-state index >= 15 is 0 Å². The van der Waals surface area contributed by atoms with Crippen molar-refractivity contribution in [2.24, 2.45) is 0 Å². The SMILES string of the molecule is Cc1cc2ncnc(Nc3cc(F)c(O)c(F)c3)c2cc1C.O.O. The number of phenols is 1. The first-order chi connectivity index (χ1) is 10.5. The molecule has 6 N–H and O–H groups in total. The van der Waals surface area contributed by atoms with Gasteiger partial charge in [0, 0.05) is 23.2 Å². The summed E-state index contributed by atoms with van der Waals surface area (Å²) < 4.78 is 26.8. The van der Waals surface area contributed by atoms with E-state index in [1.165, 1.54) is 6.33 Å². The molecule has 8 heteroatoms. The molecule has 0 atom stereocenters. The molecule has 128 valence electrons. The Morgan fingerprint density at radius 3 is 2.12 bits per heavy atom. The summed E-state index contributed by atoms with van der Waals surface area (Å²) in [7, 11) is 0. The number of aromatic hydroxyl groups is 1. The quantitative estimate of drug-likeness (QED) is 0.697. The maximum atomic E-state index is 13.4. The van der Waals surface area contributed by atoms with Crippen LogP contribution >= 0.6 is 0 Å². The fourth-order valence-electron chi connectivity index (χ4n) is 2.19. The van der Waals surface area contributed by atoms with Gasteiger partial charge in [-0.05, 0) is 37.1 Å². The molecule has 0 aliphatic rings. The Morgan fingerprint density at radius 1 is 0.917 bits per heavy atom. The van der Waals surface area contributed by atoms with Gasteiger partial charge in [-0.3, -0.25) is 0 Å². The molecule has 0 unspecified atom stereocenters. The molecule has 0 spiro atoms. The third-order valence-electron chi connectivity index (χ3n) is 3.53. The lowest BCUT2D eigenvalue weighted by molar-refractivity contribution is 0.396. The van der Waals surface area contributed by atoms with Crippen molar-refractivity contribution >= 4 is 22.4 Å². The number of fused-ring (bicyclic) bond motifs is 1. The van der Waals surface area contributed by atoms with E-state index < -0.39 is 17.4 Å². The van der Waals surface area contributed by atoms with Crippen LogP contribution in [-0.2, 0) is 0 Å². The highest BCUT2D eigenvalue weighted by Gasteiger charge is 2.11. The van der Waals surface area contributed by atoms with Crippen molar-refractivity contribution in [2.45, 2.75) is 13.8 Å². The van der Waals surface area contributed by atoms with Gasteiger partial charge < -0.3 is 21.4 Å². The molecule has 6 nitrogen and oxygen atoms in total. The summed E-state index contributed by atoms with van der Waals surface area (Å²) in [6.45, 7) is 3.94. The summed E-state index contributed by atoms with van der Waals surface area (Å²) in [6, 6.07) is 5.86. The van der Waals surface area contributed by atoms with Gasteiger partial charge in [0.15, 0.2) is 17.4 Å². The zero-order valence-corrected chi connectivity index (χ0v) is 13.0. The van der Waals surface area contributed by atoms with Gasteiger partial charge in [-0.2, -0.15) is 0 Å². The van der Waals surface area contributed by atoms with Gasteiger partial charge in [0.25, 0.3) is 0 Å². The van der Waals surface area contributed by atoms with Crippen LogP contribution in [0.1, 0.15) is 11.1 Å². The normalized spacial score (nSPS) is 10.0. The van der Waals surface area contributed by atoms with Crippen molar-refractivity contribution in [3.63, 3.8) is 0 Å². The van der Waals surface area contributed by atoms with Crippen LogP contribution in [-0.4, -0.2) is 26.0 Å². The Balaban J connectivity index is 0.00000144. The number of nitrogens with zero attached hydrogens (tertiary/aromatic N) is 2. The van der Waals surface area contributed by atoms with Crippen LogP contribution < -0.4 is 5.32 Å². The van der Waals surface area contributed by atoms with E-state index in [1.54, 1.807) is 0 Å². The van der Waals surface area contributed by atoms with E-state index in [2.05, 4.69) is 15.3 Å². The molecule has 24 heavy (non-hydrogen) atoms. The number of hydrogen-bond donors (Lipinski definition) is 2. The molecule has 2 aromatic carbocycles. The van der Waals surface area contributed by atoms with Crippen LogP contribution in [0.15, 0.2) is 30.6 Å². The van der Waals surface area contributed by atoms with Crippen LogP contribution in [0.25, 0.3) is 10.9 Å². The van der Waals surface area contributed by atoms with Crippen molar-refractivity contribution in [1.82, 2.24) is 9.97 Å². The van der Waals surface area contributed by atoms with Crippen LogP contribution in [0, 0.1) is 25.5 Å². The topological polar surface area (TPSA) is 121 Å². The van der Waals surface area contributed by atoms with Crippen LogP contribution in [0.4, 0.5) is 20.3 Å². The lowest BCUT2D eigenvalue weighted by Crippen LogP contribution is -1.98. The van der Waals surface area contributed by atoms with Crippen molar-refractivity contribution in [1.29, 1.82) is 0 Å². The summed E-state index contributed by atoms with van der Waals surface area (Å²) in [4.78, 5) is 8.32. The summed E-state index contributed by atoms with van der Waals surface area (Å²) in [5.41, 5.74) is 3.05. The van der Waals surface area contributed by atoms with Gasteiger partial charge in [-0.25, -0.2) is 18.7 Å². The summed E-state index contributed by atoms with van der Waals surface area (Å²) in [5, 5.41) is 12.7. The standard InChI is InChI=1S/C16H13F2N3O.2H2O/c1-8-3-11-14(4-9(8)2)19-7-20-16(11)21-10-5-12(17)15(22)13(18)6-10;;/h3-7,22H,1-2H3,(H,19,20,21);2*1H2. The molecule has 0 aliphatic carbocycles. The fraction of sp³-hybridized carbons (Fsp3) is 0.125. The average Bonchev–Trinajstić information content (AvgIpc) is 2.47. The first-order valence-electron chi connectivity index (χ1n) is 6.62. The Bertz CT molecular complexity index is 865. The van der Waals surface area contributed by atoms with Gasteiger partial charge in [0.1, 0.15) is 12.1 Å². The first-order valence-corrected chi connectivity index (χ1v) is 6.62. The Morgan fingerprint density at radius 2 is 1.50 bits per heavy atom. The molecule has 1 heterocycles. The molecular weight excluding hydrogens is 320 g/mol. The molecule has 0 amide bonds. The molecule has 1 aromatic heterocycles. The third kappa shape index (κ3) is 3.39. The maximum Gasteiger partial charge on any atom is 0.187 e. The smallest absolute Gasteiger partial charge is 0.187 e. The number of benzene rings is 2. The van der Waals surface area contributed by atoms with Crippen molar-refractivity contribution in [2.75, 3.05) is 5.32 Å². The molecule has 0 bridgehead atoms. The van der Waals surface area contributed by atoms with E-state index in [0.29, 0.717) is 5.82 Å². The summed E-state index contributed by atoms with van der Waals surface area (Å²) in [6.07, 6.45) is 1.38. The first kappa shape index (κ1) is 19.2. The minimum Gasteiger partial charge on any atom is -0.503 e. The van der Waals surface area contributed by atoms with Crippen LogP contribution in [0.2, 0.25) is 0 Å². The Hall–Kier alpha value is -2.84. The van der Waals surface area contributed by atoms with Gasteiger partial charge in [-0.15, -0.1) is 0 Å². The number of aryl methyl sites for hydroxylation is 2. The molecule has 3 aromatic rings. The number of anilines is 2. The van der Waals surface area contributed by atoms with E-state index in [9.17, 15) is 8.78 Å². The largest absolute Gasteiger partial charge is 0.503 e. The Kier molecular flexibility index (Phi) is 5.73. The van der Waals surface area contributed by atoms with E-state index in [1.807, 2.05) is 26.0 Å². The minimum atomic E-state index is -1.03. The predicted octanol–water partition coefficient (Wildman–Crippen LogP) is 2.32. The summed E-state index contributed by atoms with van der Waals surface area (Å²) >= 11 is 0. The van der Waals surface area contributed by atoms with Crippen LogP contribution in [0.3, 0.4) is 0 Å². The van der Waals surface area contributed by atoms with Crippen molar-refractivity contribution < 1.29 is 24.8 Å². The predicted molar refractivity (Wildman–Crippen MR) is 87.5 cm³/mol. The number of aromatic nitrogens is 2. The molecule has 0 fully saturated rings. The van der Waals surface area contributed by atoms with Crippen molar-refractivity contribution in [3.05, 3.63) is 53.4 Å². The monoisotopic (exact) mass is 337 g/mol. The van der Waals surface area contributed by atoms with Gasteiger partial charge in [0.2, 0.25) is 0 Å². The zero-order valence-electron chi connectivity index (χ0n) is 13.0. The fourth-order valence-corrected chi connectivity index (χ4v) is 2.19. The second-order valence-corrected chi connectivity index (χ2v) is 5.09. The van der Waals surface area contributed by atoms with Gasteiger partial charge in [0.05, 0.1) is 5.52 Å². The van der Waals surface area contributed by atoms with E-state index in [0.717, 1.165) is 34.2 Å². The lowest BCUT2D eigenvalue weighted by atomic mass is 10.1. The number of nitrogens with one attached hydrogen (secondary N) is 1. The van der Waals surface area contributed by atoms with Crippen molar-refractivity contribution in [3.8, 4) is 5.75 Å². The van der Waals surface area contributed by atoms with E-state index in [-0.39, 0.29) is 16.6 Å². The highest BCUT2D eigenvalue weighted by atomic mass is 19.1. The van der Waals surface area contributed by atoms with E-state index in [4.69, 9.17) is 5.11 Å². The second kappa shape index (κ2) is 7.16. The molecule has 3 rings (SSSR count). The van der Waals surface area contributed by atoms with Gasteiger partial charge >= 0.3 is 0 Å². The number of hydrogen-bond acceptors (Lipinski definition) is 4. The van der Waals surface area contributed by atoms with Crippen LogP contribution in [0.5, 0.6) is 5.75 Å². The Labute approximate surface area is 136 Å². The second-order valence-electron chi connectivity index (χ2n) is 5.09. The molecular formula is C16H17F2N3O3. The molecule has 0 radical (unpaired) electrons. The average molecular weight is 337 g/mol. The highest BCUT2D eigenvalue weighted by Crippen LogP contribution is 2.29. The number of rotatable bonds is 2. The molecule has 0 aliphatic heterocycles. The third-order valence-corrected chi connectivity index (χ3v) is 3.53. The minimum absolute atomic E-state index is 0. The number of halogens is 2.